The molecule has 114 valence electrons. The second kappa shape index (κ2) is 5.52. The van der Waals surface area contributed by atoms with Crippen molar-refractivity contribution in [1.29, 1.82) is 0 Å². The van der Waals surface area contributed by atoms with E-state index in [9.17, 15) is 0 Å². The number of nitrogens with zero attached hydrogens (tertiary/aromatic N) is 2. The molecular formula is C20H19N3. The molecule has 0 bridgehead atoms. The highest BCUT2D eigenvalue weighted by molar-refractivity contribution is 6.08. The van der Waals surface area contributed by atoms with Gasteiger partial charge in [-0.05, 0) is 42.3 Å². The van der Waals surface area contributed by atoms with E-state index < -0.39 is 0 Å². The van der Waals surface area contributed by atoms with Crippen molar-refractivity contribution in [2.75, 3.05) is 0 Å². The third kappa shape index (κ3) is 2.21. The number of nitrogens with two attached hydrogens (primary N) is 1. The number of fused-ring (bicyclic) bond motifs is 3. The zero-order chi connectivity index (χ0) is 15.8. The summed E-state index contributed by atoms with van der Waals surface area (Å²) < 4.78 is 2.35. The molecule has 0 amide bonds. The predicted octanol–water partition coefficient (Wildman–Crippen LogP) is 4.26. The van der Waals surface area contributed by atoms with Crippen LogP contribution in [0.3, 0.4) is 0 Å². The van der Waals surface area contributed by atoms with E-state index in [4.69, 9.17) is 5.73 Å². The first-order chi connectivity index (χ1) is 11.3. The molecule has 1 unspecified atom stereocenters. The topological polar surface area (TPSA) is 43.8 Å². The highest BCUT2D eigenvalue weighted by Gasteiger charge is 2.13. The van der Waals surface area contributed by atoms with Crippen LogP contribution in [0.25, 0.3) is 21.8 Å². The fourth-order valence-corrected chi connectivity index (χ4v) is 3.36. The maximum Gasteiger partial charge on any atom is 0.0567 e. The van der Waals surface area contributed by atoms with Crippen LogP contribution < -0.4 is 5.73 Å². The highest BCUT2D eigenvalue weighted by Crippen LogP contribution is 2.31. The fourth-order valence-electron chi connectivity index (χ4n) is 3.36. The maximum atomic E-state index is 6.44. The molecule has 1 atom stereocenters. The van der Waals surface area contributed by atoms with Crippen LogP contribution in [0.5, 0.6) is 0 Å². The van der Waals surface area contributed by atoms with Crippen molar-refractivity contribution in [3.8, 4) is 0 Å². The Balaban J connectivity index is 1.93. The van der Waals surface area contributed by atoms with E-state index in [-0.39, 0.29) is 6.04 Å². The van der Waals surface area contributed by atoms with E-state index in [0.717, 1.165) is 17.7 Å². The molecule has 2 N–H and O–H groups in total. The fraction of sp³-hybridized carbons (Fsp3) is 0.150. The SMILES string of the molecule is CCn1c2ccccc2c2cc(C(N)c3cccnc3)ccc21. The molecule has 0 radical (unpaired) electrons. The molecule has 0 aliphatic carbocycles. The van der Waals surface area contributed by atoms with Crippen LogP contribution in [0.4, 0.5) is 0 Å². The Kier molecular flexibility index (Phi) is 3.36. The first-order valence-corrected chi connectivity index (χ1v) is 7.96. The van der Waals surface area contributed by atoms with Gasteiger partial charge >= 0.3 is 0 Å². The number of aryl methyl sites for hydroxylation is 1. The van der Waals surface area contributed by atoms with Crippen LogP contribution in [0.1, 0.15) is 24.1 Å². The Labute approximate surface area is 135 Å². The van der Waals surface area contributed by atoms with Gasteiger partial charge in [0.2, 0.25) is 0 Å². The van der Waals surface area contributed by atoms with E-state index >= 15 is 0 Å². The van der Waals surface area contributed by atoms with Crippen molar-refractivity contribution >= 4 is 21.8 Å². The van der Waals surface area contributed by atoms with Gasteiger partial charge in [0.05, 0.1) is 6.04 Å². The molecular weight excluding hydrogens is 282 g/mol. The van der Waals surface area contributed by atoms with Crippen molar-refractivity contribution in [3.63, 3.8) is 0 Å². The first-order valence-electron chi connectivity index (χ1n) is 7.96. The third-order valence-electron chi connectivity index (χ3n) is 4.52. The van der Waals surface area contributed by atoms with Crippen LogP contribution >= 0.6 is 0 Å². The third-order valence-corrected chi connectivity index (χ3v) is 4.52. The van der Waals surface area contributed by atoms with Crippen LogP contribution in [0.2, 0.25) is 0 Å². The molecule has 0 saturated carbocycles. The summed E-state index contributed by atoms with van der Waals surface area (Å²) in [7, 11) is 0. The number of hydrogen-bond donors (Lipinski definition) is 1. The van der Waals surface area contributed by atoms with E-state index in [1.807, 2.05) is 18.3 Å². The van der Waals surface area contributed by atoms with Crippen molar-refractivity contribution in [3.05, 3.63) is 78.1 Å². The van der Waals surface area contributed by atoms with Crippen molar-refractivity contribution < 1.29 is 0 Å². The lowest BCUT2D eigenvalue weighted by atomic mass is 9.99. The van der Waals surface area contributed by atoms with Crippen LogP contribution in [0.15, 0.2) is 67.0 Å². The average Bonchev–Trinajstić information content (AvgIpc) is 2.95. The van der Waals surface area contributed by atoms with Gasteiger partial charge in [0.1, 0.15) is 0 Å². The Bertz CT molecular complexity index is 970. The highest BCUT2D eigenvalue weighted by atomic mass is 15.0. The predicted molar refractivity (Wildman–Crippen MR) is 95.4 cm³/mol. The lowest BCUT2D eigenvalue weighted by Crippen LogP contribution is -2.11. The summed E-state index contributed by atoms with van der Waals surface area (Å²) in [4.78, 5) is 4.18. The lowest BCUT2D eigenvalue weighted by molar-refractivity contribution is 0.825. The summed E-state index contributed by atoms with van der Waals surface area (Å²) in [6.45, 7) is 3.14. The first kappa shape index (κ1) is 14.0. The molecule has 3 nitrogen and oxygen atoms in total. The largest absolute Gasteiger partial charge is 0.341 e. The molecule has 2 aromatic carbocycles. The second-order valence-electron chi connectivity index (χ2n) is 5.80. The minimum Gasteiger partial charge on any atom is -0.341 e. The summed E-state index contributed by atoms with van der Waals surface area (Å²) in [5, 5.41) is 2.55. The molecule has 4 rings (SSSR count). The molecule has 3 heteroatoms. The molecule has 4 aromatic rings. The molecule has 0 spiro atoms. The quantitative estimate of drug-likeness (QED) is 0.614. The molecule has 23 heavy (non-hydrogen) atoms. The second-order valence-corrected chi connectivity index (χ2v) is 5.80. The minimum absolute atomic E-state index is 0.156. The Morgan fingerprint density at radius 1 is 0.957 bits per heavy atom. The van der Waals surface area contributed by atoms with Gasteiger partial charge in [-0.15, -0.1) is 0 Å². The maximum absolute atomic E-state index is 6.44. The van der Waals surface area contributed by atoms with Gasteiger partial charge in [0.15, 0.2) is 0 Å². The van der Waals surface area contributed by atoms with Gasteiger partial charge in [-0.2, -0.15) is 0 Å². The molecule has 0 fully saturated rings. The lowest BCUT2D eigenvalue weighted by Gasteiger charge is -2.12. The number of aromatic nitrogens is 2. The van der Waals surface area contributed by atoms with Gasteiger partial charge in [-0.3, -0.25) is 4.98 Å². The zero-order valence-electron chi connectivity index (χ0n) is 13.1. The number of hydrogen-bond acceptors (Lipinski definition) is 2. The summed E-state index contributed by atoms with van der Waals surface area (Å²) >= 11 is 0. The monoisotopic (exact) mass is 301 g/mol. The Morgan fingerprint density at radius 3 is 2.57 bits per heavy atom. The molecule has 2 aromatic heterocycles. The van der Waals surface area contributed by atoms with Gasteiger partial charge in [-0.25, -0.2) is 0 Å². The van der Waals surface area contributed by atoms with Crippen molar-refractivity contribution in [2.45, 2.75) is 19.5 Å². The summed E-state index contributed by atoms with van der Waals surface area (Å²) in [5.74, 6) is 0. The van der Waals surface area contributed by atoms with Gasteiger partial charge < -0.3 is 10.3 Å². The van der Waals surface area contributed by atoms with Gasteiger partial charge in [0, 0.05) is 40.7 Å². The number of para-hydroxylation sites is 1. The molecule has 0 aliphatic heterocycles. The zero-order valence-corrected chi connectivity index (χ0v) is 13.1. The molecule has 0 aliphatic rings. The van der Waals surface area contributed by atoms with Crippen LogP contribution in [-0.2, 0) is 6.54 Å². The van der Waals surface area contributed by atoms with Gasteiger partial charge in [0.25, 0.3) is 0 Å². The average molecular weight is 301 g/mol. The summed E-state index contributed by atoms with van der Waals surface area (Å²) in [6, 6.07) is 18.9. The van der Waals surface area contributed by atoms with E-state index in [1.165, 1.54) is 21.8 Å². The smallest absolute Gasteiger partial charge is 0.0567 e. The Morgan fingerprint density at radius 2 is 1.78 bits per heavy atom. The van der Waals surface area contributed by atoms with Crippen molar-refractivity contribution in [1.82, 2.24) is 9.55 Å². The minimum atomic E-state index is -0.156. The molecule has 2 heterocycles. The number of rotatable bonds is 3. The van der Waals surface area contributed by atoms with Gasteiger partial charge in [-0.1, -0.05) is 30.3 Å². The van der Waals surface area contributed by atoms with E-state index in [0.29, 0.717) is 0 Å². The molecule has 0 saturated heterocycles. The summed E-state index contributed by atoms with van der Waals surface area (Å²) in [6.07, 6.45) is 3.61. The van der Waals surface area contributed by atoms with Crippen LogP contribution in [-0.4, -0.2) is 9.55 Å². The van der Waals surface area contributed by atoms with E-state index in [2.05, 4.69) is 58.9 Å². The number of pyridine rings is 1. The van der Waals surface area contributed by atoms with E-state index in [1.54, 1.807) is 6.20 Å². The van der Waals surface area contributed by atoms with Crippen LogP contribution in [0, 0.1) is 0 Å². The summed E-state index contributed by atoms with van der Waals surface area (Å²) in [5.41, 5.74) is 11.1. The Hall–Kier alpha value is -2.65. The van der Waals surface area contributed by atoms with Crippen molar-refractivity contribution in [2.24, 2.45) is 5.73 Å². The number of benzene rings is 2. The normalized spacial score (nSPS) is 12.8. The standard InChI is InChI=1S/C20H19N3/c1-2-23-18-8-4-3-7-16(18)17-12-14(9-10-19(17)23)20(21)15-6-5-11-22-13-15/h3-13,20H,2,21H2,1H3.